The van der Waals surface area contributed by atoms with Gasteiger partial charge >= 0.3 is 0 Å². The summed E-state index contributed by atoms with van der Waals surface area (Å²) in [4.78, 5) is 26.9. The number of nitrogens with zero attached hydrogens (tertiary/aromatic N) is 3. The van der Waals surface area contributed by atoms with E-state index in [2.05, 4.69) is 5.32 Å². The molecule has 0 aliphatic carbocycles. The van der Waals surface area contributed by atoms with Crippen molar-refractivity contribution in [3.05, 3.63) is 52.4 Å². The number of aromatic nitrogens is 1. The van der Waals surface area contributed by atoms with Crippen molar-refractivity contribution in [2.75, 3.05) is 49.6 Å². The number of ether oxygens (including phenoxy) is 1. The minimum Gasteiger partial charge on any atom is -0.379 e. The van der Waals surface area contributed by atoms with Crippen molar-refractivity contribution in [2.24, 2.45) is 7.05 Å². The summed E-state index contributed by atoms with van der Waals surface area (Å²) in [6.45, 7) is 6.60. The molecule has 0 unspecified atom stereocenters. The Morgan fingerprint density at radius 2 is 1.81 bits per heavy atom. The molecule has 0 saturated carbocycles. The van der Waals surface area contributed by atoms with Crippen molar-refractivity contribution in [1.29, 1.82) is 0 Å². The van der Waals surface area contributed by atoms with Crippen molar-refractivity contribution in [3.8, 4) is 0 Å². The van der Waals surface area contributed by atoms with Gasteiger partial charge in [0.2, 0.25) is 10.0 Å². The number of hydrogen-bond donors (Lipinski definition) is 1. The molecule has 2 heterocycles. The Morgan fingerprint density at radius 3 is 2.42 bits per heavy atom. The van der Waals surface area contributed by atoms with Crippen molar-refractivity contribution in [3.63, 3.8) is 0 Å². The maximum atomic E-state index is 13.1. The van der Waals surface area contributed by atoms with E-state index in [1.54, 1.807) is 25.2 Å². The SMILES string of the molecule is CCN(CC)c1ccc(S(=O)(=O)N2CCOCC2)cc1NC(=O)c1ccn(C)c(=O)c1. The molecule has 2 aromatic rings. The molecule has 0 atom stereocenters. The fourth-order valence-electron chi connectivity index (χ4n) is 3.44. The van der Waals surface area contributed by atoms with Crippen molar-refractivity contribution in [1.82, 2.24) is 8.87 Å². The zero-order valence-corrected chi connectivity index (χ0v) is 18.8. The Morgan fingerprint density at radius 1 is 1.13 bits per heavy atom. The van der Waals surface area contributed by atoms with Crippen molar-refractivity contribution in [2.45, 2.75) is 18.7 Å². The van der Waals surface area contributed by atoms with Crippen LogP contribution in [0.25, 0.3) is 0 Å². The van der Waals surface area contributed by atoms with Crippen LogP contribution in [-0.2, 0) is 21.8 Å². The second kappa shape index (κ2) is 9.63. The van der Waals surface area contributed by atoms with E-state index in [0.717, 1.165) is 0 Å². The lowest BCUT2D eigenvalue weighted by Gasteiger charge is -2.28. The summed E-state index contributed by atoms with van der Waals surface area (Å²) in [5, 5.41) is 2.80. The van der Waals surface area contributed by atoms with Crippen LogP contribution in [0.5, 0.6) is 0 Å². The second-order valence-electron chi connectivity index (χ2n) is 7.19. The normalized spacial score (nSPS) is 14.9. The highest BCUT2D eigenvalue weighted by atomic mass is 32.2. The number of morpholine rings is 1. The standard InChI is InChI=1S/C21H28N4O5S/c1-4-24(5-2)19-7-6-17(31(28,29)25-10-12-30-13-11-25)15-18(19)22-21(27)16-8-9-23(3)20(26)14-16/h6-9,14-15H,4-5,10-13H2,1-3H3,(H,22,27). The minimum absolute atomic E-state index is 0.101. The average Bonchev–Trinajstić information content (AvgIpc) is 2.77. The average molecular weight is 449 g/mol. The summed E-state index contributed by atoms with van der Waals surface area (Å²) in [5.41, 5.74) is 0.988. The Labute approximate surface area is 182 Å². The number of aryl methyl sites for hydroxylation is 1. The molecule has 10 heteroatoms. The van der Waals surface area contributed by atoms with E-state index in [1.807, 2.05) is 18.7 Å². The van der Waals surface area contributed by atoms with Crippen LogP contribution in [0, 0.1) is 0 Å². The number of carbonyl (C=O) groups is 1. The number of hydrogen-bond acceptors (Lipinski definition) is 6. The van der Waals surface area contributed by atoms with Gasteiger partial charge in [0.25, 0.3) is 11.5 Å². The fraction of sp³-hybridized carbons (Fsp3) is 0.429. The number of carbonyl (C=O) groups excluding carboxylic acids is 1. The van der Waals surface area contributed by atoms with Crippen molar-refractivity contribution >= 4 is 27.3 Å². The molecule has 1 aromatic heterocycles. The van der Waals surface area contributed by atoms with Gasteiger partial charge in [-0.2, -0.15) is 4.31 Å². The summed E-state index contributed by atoms with van der Waals surface area (Å²) in [7, 11) is -2.12. The highest BCUT2D eigenvalue weighted by Crippen LogP contribution is 2.31. The van der Waals surface area contributed by atoms with Crippen LogP contribution in [0.2, 0.25) is 0 Å². The molecular weight excluding hydrogens is 420 g/mol. The zero-order chi connectivity index (χ0) is 22.6. The number of nitrogens with one attached hydrogen (secondary N) is 1. The van der Waals surface area contributed by atoms with Gasteiger partial charge in [0.05, 0.1) is 29.5 Å². The van der Waals surface area contributed by atoms with Gasteiger partial charge in [-0.25, -0.2) is 8.42 Å². The first kappa shape index (κ1) is 23.0. The summed E-state index contributed by atoms with van der Waals surface area (Å²) >= 11 is 0. The largest absolute Gasteiger partial charge is 0.379 e. The van der Waals surface area contributed by atoms with Gasteiger partial charge in [0.1, 0.15) is 0 Å². The molecule has 1 aliphatic rings. The molecule has 1 aliphatic heterocycles. The van der Waals surface area contributed by atoms with Crippen LogP contribution in [0.3, 0.4) is 0 Å². The van der Waals surface area contributed by atoms with E-state index in [4.69, 9.17) is 4.74 Å². The summed E-state index contributed by atoms with van der Waals surface area (Å²) in [6.07, 6.45) is 1.52. The maximum Gasteiger partial charge on any atom is 0.255 e. The fourth-order valence-corrected chi connectivity index (χ4v) is 4.87. The number of benzene rings is 1. The Hall–Kier alpha value is -2.69. The number of amides is 1. The molecule has 1 saturated heterocycles. The quantitative estimate of drug-likeness (QED) is 0.689. The second-order valence-corrected chi connectivity index (χ2v) is 9.12. The molecule has 1 amide bonds. The molecule has 168 valence electrons. The number of sulfonamides is 1. The van der Waals surface area contributed by atoms with Crippen LogP contribution in [-0.4, -0.2) is 62.6 Å². The topological polar surface area (TPSA) is 101 Å². The van der Waals surface area contributed by atoms with Crippen LogP contribution in [0.1, 0.15) is 24.2 Å². The first-order valence-electron chi connectivity index (χ1n) is 10.2. The minimum atomic E-state index is -3.72. The molecular formula is C21H28N4O5S. The van der Waals surface area contributed by atoms with E-state index < -0.39 is 15.9 Å². The van der Waals surface area contributed by atoms with Gasteiger partial charge in [-0.1, -0.05) is 0 Å². The molecule has 1 fully saturated rings. The van der Waals surface area contributed by atoms with Crippen molar-refractivity contribution < 1.29 is 17.9 Å². The molecule has 0 radical (unpaired) electrons. The van der Waals surface area contributed by atoms with Crippen LogP contribution in [0.4, 0.5) is 11.4 Å². The molecule has 9 nitrogen and oxygen atoms in total. The third-order valence-electron chi connectivity index (χ3n) is 5.29. The van der Waals surface area contributed by atoms with Crippen LogP contribution >= 0.6 is 0 Å². The molecule has 1 N–H and O–H groups in total. The summed E-state index contributed by atoms with van der Waals surface area (Å²) < 4.78 is 34.2. The summed E-state index contributed by atoms with van der Waals surface area (Å²) in [5.74, 6) is -0.480. The Balaban J connectivity index is 2.00. The van der Waals surface area contributed by atoms with E-state index in [9.17, 15) is 18.0 Å². The van der Waals surface area contributed by atoms with E-state index in [1.165, 1.54) is 27.2 Å². The first-order valence-corrected chi connectivity index (χ1v) is 11.7. The van der Waals surface area contributed by atoms with Gasteiger partial charge in [0.15, 0.2) is 0 Å². The third kappa shape index (κ3) is 4.97. The van der Waals surface area contributed by atoms with Crippen LogP contribution in [0.15, 0.2) is 46.2 Å². The maximum absolute atomic E-state index is 13.1. The van der Waals surface area contributed by atoms with E-state index >= 15 is 0 Å². The van der Waals surface area contributed by atoms with Gasteiger partial charge < -0.3 is 19.5 Å². The van der Waals surface area contributed by atoms with Crippen LogP contribution < -0.4 is 15.8 Å². The van der Waals surface area contributed by atoms with Gasteiger partial charge in [-0.05, 0) is 38.1 Å². The lowest BCUT2D eigenvalue weighted by molar-refractivity contribution is 0.0730. The predicted octanol–water partition coefficient (Wildman–Crippen LogP) is 1.50. The smallest absolute Gasteiger partial charge is 0.255 e. The number of anilines is 2. The number of pyridine rings is 1. The number of rotatable bonds is 7. The zero-order valence-electron chi connectivity index (χ0n) is 18.0. The van der Waals surface area contributed by atoms with Gasteiger partial charge in [0, 0.05) is 51.1 Å². The Bertz CT molecular complexity index is 1100. The molecule has 3 rings (SSSR count). The van der Waals surface area contributed by atoms with E-state index in [0.29, 0.717) is 37.7 Å². The molecule has 0 spiro atoms. The monoisotopic (exact) mass is 448 g/mol. The highest BCUT2D eigenvalue weighted by molar-refractivity contribution is 7.89. The lowest BCUT2D eigenvalue weighted by atomic mass is 10.2. The molecule has 1 aromatic carbocycles. The van der Waals surface area contributed by atoms with E-state index in [-0.39, 0.29) is 29.1 Å². The highest BCUT2D eigenvalue weighted by Gasteiger charge is 2.27. The third-order valence-corrected chi connectivity index (χ3v) is 7.19. The first-order chi connectivity index (χ1) is 14.8. The van der Waals surface area contributed by atoms with Gasteiger partial charge in [-0.3, -0.25) is 9.59 Å². The van der Waals surface area contributed by atoms with Gasteiger partial charge in [-0.15, -0.1) is 0 Å². The summed E-state index contributed by atoms with van der Waals surface area (Å²) in [6, 6.07) is 7.55. The molecule has 0 bridgehead atoms. The Kier molecular flexibility index (Phi) is 7.14. The molecule has 31 heavy (non-hydrogen) atoms. The predicted molar refractivity (Wildman–Crippen MR) is 119 cm³/mol. The lowest BCUT2D eigenvalue weighted by Crippen LogP contribution is -2.40.